The Bertz CT molecular complexity index is 657. The summed E-state index contributed by atoms with van der Waals surface area (Å²) in [4.78, 5) is 0. The first-order valence-electron chi connectivity index (χ1n) is 8.60. The molecule has 3 rings (SSSR count). The molecule has 0 radical (unpaired) electrons. The zero-order valence-corrected chi connectivity index (χ0v) is 13.7. The van der Waals surface area contributed by atoms with Crippen molar-refractivity contribution in [1.82, 2.24) is 0 Å². The fraction of sp³-hybridized carbons (Fsp3) is 0.429. The van der Waals surface area contributed by atoms with E-state index in [-0.39, 0.29) is 5.82 Å². The Hall–Kier alpha value is -1.63. The van der Waals surface area contributed by atoms with Crippen LogP contribution in [0.15, 0.2) is 36.4 Å². The quantitative estimate of drug-likeness (QED) is 0.687. The van der Waals surface area contributed by atoms with E-state index < -0.39 is 0 Å². The summed E-state index contributed by atoms with van der Waals surface area (Å²) < 4.78 is 14.4. The van der Waals surface area contributed by atoms with Gasteiger partial charge in [0.15, 0.2) is 0 Å². The van der Waals surface area contributed by atoms with Crippen molar-refractivity contribution in [2.45, 2.75) is 58.3 Å². The Morgan fingerprint density at radius 2 is 1.82 bits per heavy atom. The summed E-state index contributed by atoms with van der Waals surface area (Å²) in [5.74, 6) is 0.311. The SMILES string of the molecule is CCCc1ccc2c(c1)CCC(c1ccc(CC)cc1F)C2. The largest absolute Gasteiger partial charge is 0.207 e. The molecule has 1 heteroatoms. The first kappa shape index (κ1) is 15.3. The van der Waals surface area contributed by atoms with Crippen molar-refractivity contribution in [2.24, 2.45) is 0 Å². The minimum absolute atomic E-state index is 0.0181. The molecule has 0 saturated carbocycles. The molecule has 0 amide bonds. The average molecular weight is 296 g/mol. The maximum atomic E-state index is 14.4. The second-order valence-corrected chi connectivity index (χ2v) is 6.50. The van der Waals surface area contributed by atoms with E-state index in [4.69, 9.17) is 0 Å². The summed E-state index contributed by atoms with van der Waals surface area (Å²) in [5.41, 5.74) is 6.32. The van der Waals surface area contributed by atoms with Crippen LogP contribution in [0.4, 0.5) is 4.39 Å². The van der Waals surface area contributed by atoms with Crippen LogP contribution in [0.2, 0.25) is 0 Å². The summed E-state index contributed by atoms with van der Waals surface area (Å²) in [5, 5.41) is 0. The first-order chi connectivity index (χ1) is 10.7. The van der Waals surface area contributed by atoms with Gasteiger partial charge in [-0.1, -0.05) is 50.6 Å². The van der Waals surface area contributed by atoms with Crippen molar-refractivity contribution < 1.29 is 4.39 Å². The number of fused-ring (bicyclic) bond motifs is 1. The second kappa shape index (κ2) is 6.64. The maximum Gasteiger partial charge on any atom is 0.126 e. The van der Waals surface area contributed by atoms with Gasteiger partial charge in [0, 0.05) is 0 Å². The van der Waals surface area contributed by atoms with Gasteiger partial charge < -0.3 is 0 Å². The summed E-state index contributed by atoms with van der Waals surface area (Å²) >= 11 is 0. The highest BCUT2D eigenvalue weighted by Gasteiger charge is 2.22. The van der Waals surface area contributed by atoms with E-state index in [0.29, 0.717) is 5.92 Å². The van der Waals surface area contributed by atoms with Crippen LogP contribution in [0.3, 0.4) is 0 Å². The smallest absolute Gasteiger partial charge is 0.126 e. The van der Waals surface area contributed by atoms with Gasteiger partial charge >= 0.3 is 0 Å². The molecule has 2 aromatic rings. The summed E-state index contributed by atoms with van der Waals surface area (Å²) in [6, 6.07) is 12.7. The van der Waals surface area contributed by atoms with Crippen molar-refractivity contribution in [3.63, 3.8) is 0 Å². The van der Waals surface area contributed by atoms with E-state index in [9.17, 15) is 4.39 Å². The molecule has 2 aromatic carbocycles. The molecule has 0 aromatic heterocycles. The zero-order chi connectivity index (χ0) is 15.5. The van der Waals surface area contributed by atoms with Crippen LogP contribution >= 0.6 is 0 Å². The van der Waals surface area contributed by atoms with Crippen molar-refractivity contribution in [1.29, 1.82) is 0 Å². The standard InChI is InChI=1S/C21H25F/c1-3-5-16-6-8-18-14-19(10-9-17(18)12-16)20-11-7-15(4-2)13-21(20)22/h6-8,11-13,19H,3-5,9-10,14H2,1-2H3. The minimum atomic E-state index is -0.0181. The van der Waals surface area contributed by atoms with Crippen LogP contribution in [0.25, 0.3) is 0 Å². The van der Waals surface area contributed by atoms with Gasteiger partial charge in [-0.2, -0.15) is 0 Å². The lowest BCUT2D eigenvalue weighted by molar-refractivity contribution is 0.533. The van der Waals surface area contributed by atoms with E-state index in [0.717, 1.165) is 43.2 Å². The highest BCUT2D eigenvalue weighted by Crippen LogP contribution is 2.34. The number of aryl methyl sites for hydroxylation is 3. The van der Waals surface area contributed by atoms with Gasteiger partial charge in [-0.3, -0.25) is 0 Å². The maximum absolute atomic E-state index is 14.4. The Kier molecular flexibility index (Phi) is 4.61. The van der Waals surface area contributed by atoms with Gasteiger partial charge in [0.2, 0.25) is 0 Å². The average Bonchev–Trinajstić information content (AvgIpc) is 2.54. The normalized spacial score (nSPS) is 17.3. The first-order valence-corrected chi connectivity index (χ1v) is 8.60. The van der Waals surface area contributed by atoms with Gasteiger partial charge in [0.05, 0.1) is 0 Å². The van der Waals surface area contributed by atoms with Crippen molar-refractivity contribution in [3.05, 3.63) is 70.0 Å². The van der Waals surface area contributed by atoms with Crippen LogP contribution in [0.1, 0.15) is 60.4 Å². The third-order valence-corrected chi connectivity index (χ3v) is 4.95. The molecule has 0 saturated heterocycles. The molecule has 0 nitrogen and oxygen atoms in total. The van der Waals surface area contributed by atoms with Gasteiger partial charge in [-0.15, -0.1) is 0 Å². The van der Waals surface area contributed by atoms with Crippen molar-refractivity contribution in [3.8, 4) is 0 Å². The van der Waals surface area contributed by atoms with E-state index in [2.05, 4.69) is 38.1 Å². The Morgan fingerprint density at radius 3 is 2.55 bits per heavy atom. The highest BCUT2D eigenvalue weighted by molar-refractivity contribution is 5.38. The molecule has 1 aliphatic rings. The number of hydrogen-bond acceptors (Lipinski definition) is 0. The van der Waals surface area contributed by atoms with Crippen LogP contribution in [0, 0.1) is 5.82 Å². The Labute approximate surface area is 133 Å². The second-order valence-electron chi connectivity index (χ2n) is 6.50. The number of halogens is 1. The molecule has 116 valence electrons. The van der Waals surface area contributed by atoms with Crippen LogP contribution in [0.5, 0.6) is 0 Å². The molecule has 0 heterocycles. The monoisotopic (exact) mass is 296 g/mol. The predicted octanol–water partition coefficient (Wildman–Crippen LogP) is 5.61. The molecule has 22 heavy (non-hydrogen) atoms. The van der Waals surface area contributed by atoms with Gasteiger partial charge in [0.1, 0.15) is 5.82 Å². The van der Waals surface area contributed by atoms with E-state index in [1.165, 1.54) is 23.1 Å². The molecular formula is C21H25F. The predicted molar refractivity (Wildman–Crippen MR) is 91.0 cm³/mol. The van der Waals surface area contributed by atoms with Crippen LogP contribution < -0.4 is 0 Å². The number of rotatable bonds is 4. The molecule has 1 atom stereocenters. The van der Waals surface area contributed by atoms with E-state index >= 15 is 0 Å². The molecule has 0 bridgehead atoms. The third-order valence-electron chi connectivity index (χ3n) is 4.95. The fourth-order valence-corrected chi connectivity index (χ4v) is 3.64. The zero-order valence-electron chi connectivity index (χ0n) is 13.7. The Morgan fingerprint density at radius 1 is 1.00 bits per heavy atom. The van der Waals surface area contributed by atoms with Crippen molar-refractivity contribution >= 4 is 0 Å². The van der Waals surface area contributed by atoms with Crippen LogP contribution in [-0.4, -0.2) is 0 Å². The molecule has 0 fully saturated rings. The van der Waals surface area contributed by atoms with Gasteiger partial charge in [-0.05, 0) is 71.9 Å². The summed E-state index contributed by atoms with van der Waals surface area (Å²) in [6.07, 6.45) is 6.35. The van der Waals surface area contributed by atoms with Gasteiger partial charge in [-0.25, -0.2) is 4.39 Å². The molecule has 1 aliphatic carbocycles. The summed E-state index contributed by atoms with van der Waals surface area (Å²) in [6.45, 7) is 4.29. The Balaban J connectivity index is 1.82. The van der Waals surface area contributed by atoms with Gasteiger partial charge in [0.25, 0.3) is 0 Å². The molecular weight excluding hydrogens is 271 g/mol. The third kappa shape index (κ3) is 3.09. The fourth-order valence-electron chi connectivity index (χ4n) is 3.64. The lowest BCUT2D eigenvalue weighted by Gasteiger charge is -2.26. The highest BCUT2D eigenvalue weighted by atomic mass is 19.1. The lowest BCUT2D eigenvalue weighted by atomic mass is 9.79. The van der Waals surface area contributed by atoms with Crippen molar-refractivity contribution in [2.75, 3.05) is 0 Å². The van der Waals surface area contributed by atoms with E-state index in [1.807, 2.05) is 6.07 Å². The lowest BCUT2D eigenvalue weighted by Crippen LogP contribution is -2.14. The minimum Gasteiger partial charge on any atom is -0.207 e. The number of benzene rings is 2. The molecule has 1 unspecified atom stereocenters. The van der Waals surface area contributed by atoms with E-state index in [1.54, 1.807) is 6.07 Å². The molecule has 0 spiro atoms. The topological polar surface area (TPSA) is 0 Å². The van der Waals surface area contributed by atoms with Crippen LogP contribution in [-0.2, 0) is 25.7 Å². The summed E-state index contributed by atoms with van der Waals surface area (Å²) in [7, 11) is 0. The molecule has 0 N–H and O–H groups in total. The number of hydrogen-bond donors (Lipinski definition) is 0. The molecule has 0 aliphatic heterocycles.